The fourth-order valence-electron chi connectivity index (χ4n) is 1.57. The van der Waals surface area contributed by atoms with Gasteiger partial charge in [-0.1, -0.05) is 30.7 Å². The molecule has 0 saturated carbocycles. The smallest absolute Gasteiger partial charge is 0.303 e. The van der Waals surface area contributed by atoms with Crippen LogP contribution >= 0.6 is 11.6 Å². The molecule has 4 heteroatoms. The van der Waals surface area contributed by atoms with E-state index in [4.69, 9.17) is 16.7 Å². The highest BCUT2D eigenvalue weighted by Crippen LogP contribution is 2.19. The van der Waals surface area contributed by atoms with Gasteiger partial charge in [0.05, 0.1) is 0 Å². The van der Waals surface area contributed by atoms with Crippen molar-refractivity contribution in [3.8, 4) is 0 Å². The van der Waals surface area contributed by atoms with Crippen molar-refractivity contribution in [1.82, 2.24) is 0 Å². The van der Waals surface area contributed by atoms with E-state index in [9.17, 15) is 9.59 Å². The number of carboxylic acids is 1. The van der Waals surface area contributed by atoms with Gasteiger partial charge in [-0.25, -0.2) is 0 Å². The summed E-state index contributed by atoms with van der Waals surface area (Å²) in [5, 5.41) is 9.17. The van der Waals surface area contributed by atoms with Gasteiger partial charge in [0.1, 0.15) is 0 Å². The van der Waals surface area contributed by atoms with E-state index in [2.05, 4.69) is 0 Å². The van der Waals surface area contributed by atoms with Gasteiger partial charge in [0, 0.05) is 23.4 Å². The van der Waals surface area contributed by atoms with E-state index >= 15 is 0 Å². The van der Waals surface area contributed by atoms with Gasteiger partial charge < -0.3 is 5.11 Å². The van der Waals surface area contributed by atoms with Crippen LogP contribution in [0.15, 0.2) is 18.2 Å². The fourth-order valence-corrected chi connectivity index (χ4v) is 1.75. The number of aliphatic carboxylic acids is 1. The van der Waals surface area contributed by atoms with Crippen molar-refractivity contribution in [2.45, 2.75) is 26.7 Å². The highest BCUT2D eigenvalue weighted by molar-refractivity contribution is 6.31. The molecule has 0 saturated heterocycles. The zero-order valence-electron chi connectivity index (χ0n) is 9.87. The first kappa shape index (κ1) is 13.7. The maximum Gasteiger partial charge on any atom is 0.303 e. The molecule has 1 atom stereocenters. The van der Waals surface area contributed by atoms with Crippen molar-refractivity contribution >= 4 is 23.4 Å². The van der Waals surface area contributed by atoms with Crippen molar-refractivity contribution in [2.75, 3.05) is 0 Å². The van der Waals surface area contributed by atoms with Crippen LogP contribution in [0.5, 0.6) is 0 Å². The Labute approximate surface area is 105 Å². The summed E-state index contributed by atoms with van der Waals surface area (Å²) in [4.78, 5) is 22.3. The van der Waals surface area contributed by atoms with E-state index in [1.165, 1.54) is 0 Å². The lowest BCUT2D eigenvalue weighted by molar-refractivity contribution is -0.137. The molecule has 1 rings (SSSR count). The lowest BCUT2D eigenvalue weighted by Crippen LogP contribution is -2.10. The molecule has 0 fully saturated rings. The van der Waals surface area contributed by atoms with E-state index < -0.39 is 5.97 Å². The van der Waals surface area contributed by atoms with Crippen LogP contribution in [0.1, 0.15) is 35.7 Å². The van der Waals surface area contributed by atoms with Gasteiger partial charge in [0.2, 0.25) is 0 Å². The van der Waals surface area contributed by atoms with E-state index in [-0.39, 0.29) is 24.5 Å². The highest BCUT2D eigenvalue weighted by atomic mass is 35.5. The molecular formula is C13H15ClO3. The number of benzene rings is 1. The number of carbonyl (C=O) groups excluding carboxylic acids is 1. The minimum Gasteiger partial charge on any atom is -0.481 e. The summed E-state index contributed by atoms with van der Waals surface area (Å²) in [7, 11) is 0. The molecule has 92 valence electrons. The third-order valence-corrected chi connectivity index (χ3v) is 2.96. The molecule has 0 spiro atoms. The number of aryl methyl sites for hydroxylation is 1. The van der Waals surface area contributed by atoms with E-state index in [1.807, 2.05) is 6.92 Å². The molecule has 1 aromatic rings. The summed E-state index contributed by atoms with van der Waals surface area (Å²) in [5.74, 6) is -1.12. The molecule has 0 radical (unpaired) electrons. The molecule has 0 amide bonds. The Morgan fingerprint density at radius 1 is 1.35 bits per heavy atom. The van der Waals surface area contributed by atoms with Gasteiger partial charge in [-0.3, -0.25) is 9.59 Å². The van der Waals surface area contributed by atoms with Crippen LogP contribution in [0.3, 0.4) is 0 Å². The minimum absolute atomic E-state index is 0.00529. The zero-order valence-corrected chi connectivity index (χ0v) is 10.6. The molecule has 17 heavy (non-hydrogen) atoms. The Kier molecular flexibility index (Phi) is 4.70. The Morgan fingerprint density at radius 3 is 2.53 bits per heavy atom. The summed E-state index contributed by atoms with van der Waals surface area (Å²) in [5.41, 5.74) is 1.46. The van der Waals surface area contributed by atoms with Crippen molar-refractivity contribution in [3.63, 3.8) is 0 Å². The molecule has 0 aromatic heterocycles. The van der Waals surface area contributed by atoms with Crippen LogP contribution in [0, 0.1) is 12.8 Å². The normalized spacial score (nSPS) is 12.2. The number of halogens is 1. The minimum atomic E-state index is -0.882. The Hall–Kier alpha value is -1.35. The molecule has 1 N–H and O–H groups in total. The second-order valence-electron chi connectivity index (χ2n) is 4.29. The number of ketones is 1. The summed E-state index contributed by atoms with van der Waals surface area (Å²) in [6.45, 7) is 3.62. The monoisotopic (exact) mass is 254 g/mol. The number of hydrogen-bond acceptors (Lipinski definition) is 2. The van der Waals surface area contributed by atoms with Crippen LogP contribution in [0.4, 0.5) is 0 Å². The number of rotatable bonds is 5. The van der Waals surface area contributed by atoms with Gasteiger partial charge in [-0.05, 0) is 24.5 Å². The third kappa shape index (κ3) is 4.19. The predicted octanol–water partition coefficient (Wildman–Crippen LogP) is 3.33. The van der Waals surface area contributed by atoms with E-state index in [1.54, 1.807) is 25.1 Å². The summed E-state index contributed by atoms with van der Waals surface area (Å²) in [6.07, 6.45) is 0.233. The van der Waals surface area contributed by atoms with Crippen molar-refractivity contribution < 1.29 is 14.7 Å². The van der Waals surface area contributed by atoms with Gasteiger partial charge in [0.25, 0.3) is 0 Å². The molecule has 0 aliphatic carbocycles. The standard InChI is InChI=1S/C13H15ClO3/c1-8(6-13(16)17)5-12(15)10-4-3-9(2)11(14)7-10/h3-4,7-8H,5-6H2,1-2H3,(H,16,17)/t8-/m0/s1. The molecule has 0 unspecified atom stereocenters. The molecule has 3 nitrogen and oxygen atoms in total. The van der Waals surface area contributed by atoms with E-state index in [0.29, 0.717) is 10.6 Å². The van der Waals surface area contributed by atoms with E-state index in [0.717, 1.165) is 5.56 Å². The highest BCUT2D eigenvalue weighted by Gasteiger charge is 2.14. The maximum atomic E-state index is 11.8. The fraction of sp³-hybridized carbons (Fsp3) is 0.385. The quantitative estimate of drug-likeness (QED) is 0.820. The maximum absolute atomic E-state index is 11.8. The molecular weight excluding hydrogens is 240 g/mol. The largest absolute Gasteiger partial charge is 0.481 e. The first-order valence-electron chi connectivity index (χ1n) is 5.41. The van der Waals surface area contributed by atoms with Crippen LogP contribution in [-0.4, -0.2) is 16.9 Å². The summed E-state index contributed by atoms with van der Waals surface area (Å²) < 4.78 is 0. The topological polar surface area (TPSA) is 54.4 Å². The molecule has 0 aliphatic rings. The number of hydrogen-bond donors (Lipinski definition) is 1. The lowest BCUT2D eigenvalue weighted by Gasteiger charge is -2.08. The van der Waals surface area contributed by atoms with Gasteiger partial charge in [-0.15, -0.1) is 0 Å². The number of carboxylic acid groups (broad SMARTS) is 1. The number of carbonyl (C=O) groups is 2. The van der Waals surface area contributed by atoms with Crippen molar-refractivity contribution in [2.24, 2.45) is 5.92 Å². The third-order valence-electron chi connectivity index (χ3n) is 2.55. The molecule has 0 heterocycles. The lowest BCUT2D eigenvalue weighted by atomic mass is 9.97. The first-order valence-corrected chi connectivity index (χ1v) is 5.79. The van der Waals surface area contributed by atoms with Gasteiger partial charge >= 0.3 is 5.97 Å². The summed E-state index contributed by atoms with van der Waals surface area (Å²) in [6, 6.07) is 5.14. The second-order valence-corrected chi connectivity index (χ2v) is 4.70. The Morgan fingerprint density at radius 2 is 2.00 bits per heavy atom. The zero-order chi connectivity index (χ0) is 13.0. The second kappa shape index (κ2) is 5.82. The Bertz CT molecular complexity index is 440. The average Bonchev–Trinajstić information content (AvgIpc) is 2.20. The number of Topliss-reactive ketones (excluding diaryl/α,β-unsaturated/α-hetero) is 1. The Balaban J connectivity index is 2.70. The molecule has 0 bridgehead atoms. The summed E-state index contributed by atoms with van der Waals surface area (Å²) >= 11 is 5.93. The predicted molar refractivity (Wildman–Crippen MR) is 66.6 cm³/mol. The van der Waals surface area contributed by atoms with Crippen LogP contribution in [0.2, 0.25) is 5.02 Å². The van der Waals surface area contributed by atoms with Crippen LogP contribution in [-0.2, 0) is 4.79 Å². The molecule has 1 aromatic carbocycles. The van der Waals surface area contributed by atoms with Crippen molar-refractivity contribution in [1.29, 1.82) is 0 Å². The van der Waals surface area contributed by atoms with Crippen LogP contribution in [0.25, 0.3) is 0 Å². The SMILES string of the molecule is Cc1ccc(C(=O)C[C@H](C)CC(=O)O)cc1Cl. The first-order chi connectivity index (χ1) is 7.90. The average molecular weight is 255 g/mol. The van der Waals surface area contributed by atoms with Crippen LogP contribution < -0.4 is 0 Å². The molecule has 0 aliphatic heterocycles. The van der Waals surface area contributed by atoms with Crippen molar-refractivity contribution in [3.05, 3.63) is 34.3 Å². The van der Waals surface area contributed by atoms with Gasteiger partial charge in [-0.2, -0.15) is 0 Å². The van der Waals surface area contributed by atoms with Gasteiger partial charge in [0.15, 0.2) is 5.78 Å².